The Kier molecular flexibility index (Phi) is 6.81. The van der Waals surface area contributed by atoms with Crippen molar-refractivity contribution in [2.24, 2.45) is 5.92 Å². The molecule has 0 atom stereocenters. The lowest BCUT2D eigenvalue weighted by atomic mass is 9.93. The van der Waals surface area contributed by atoms with Crippen LogP contribution in [0.5, 0.6) is 0 Å². The van der Waals surface area contributed by atoms with Gasteiger partial charge in [0.25, 0.3) is 0 Å². The second-order valence-corrected chi connectivity index (χ2v) is 7.43. The lowest BCUT2D eigenvalue weighted by Crippen LogP contribution is -2.47. The molecule has 1 aliphatic rings. The fourth-order valence-corrected chi connectivity index (χ4v) is 3.75. The van der Waals surface area contributed by atoms with Crippen molar-refractivity contribution in [2.75, 3.05) is 24.5 Å². The Labute approximate surface area is 167 Å². The zero-order valence-corrected chi connectivity index (χ0v) is 16.5. The van der Waals surface area contributed by atoms with Crippen LogP contribution in [0.3, 0.4) is 0 Å². The highest BCUT2D eigenvalue weighted by atomic mass is 79.9. The molecule has 1 aromatic heterocycles. The summed E-state index contributed by atoms with van der Waals surface area (Å²) in [7, 11) is 0. The van der Waals surface area contributed by atoms with Crippen molar-refractivity contribution in [1.29, 1.82) is 0 Å². The molecule has 142 valence electrons. The zero-order chi connectivity index (χ0) is 19.1. The normalized spacial score (nSPS) is 13.7. The summed E-state index contributed by atoms with van der Waals surface area (Å²) in [6.45, 7) is 2.69. The van der Waals surface area contributed by atoms with Crippen molar-refractivity contribution in [2.45, 2.75) is 19.4 Å². The van der Waals surface area contributed by atoms with E-state index in [9.17, 15) is 9.59 Å². The van der Waals surface area contributed by atoms with Crippen LogP contribution in [0.15, 0.2) is 47.2 Å². The third kappa shape index (κ3) is 5.29. The number of rotatable bonds is 8. The van der Waals surface area contributed by atoms with Crippen LogP contribution in [-0.4, -0.2) is 37.0 Å². The zero-order valence-electron chi connectivity index (χ0n) is 14.9. The SMILES string of the molecule is O=Cc1cncc(Br)c1N1CC(CCCNC(=O)OCc2ccccc2)C1. The average Bonchev–Trinajstić information content (AvgIpc) is 2.66. The summed E-state index contributed by atoms with van der Waals surface area (Å²) in [4.78, 5) is 29.1. The number of anilines is 1. The summed E-state index contributed by atoms with van der Waals surface area (Å²) in [5.74, 6) is 0.562. The van der Waals surface area contributed by atoms with Crippen molar-refractivity contribution in [3.05, 3.63) is 58.3 Å². The molecule has 7 heteroatoms. The summed E-state index contributed by atoms with van der Waals surface area (Å²) in [5.41, 5.74) is 2.49. The Balaban J connectivity index is 1.31. The number of aldehydes is 1. The predicted octanol–water partition coefficient (Wildman–Crippen LogP) is 3.80. The van der Waals surface area contributed by atoms with Crippen molar-refractivity contribution in [3.8, 4) is 0 Å². The molecule has 3 rings (SSSR count). The van der Waals surface area contributed by atoms with Crippen molar-refractivity contribution in [3.63, 3.8) is 0 Å². The van der Waals surface area contributed by atoms with Gasteiger partial charge in [-0.15, -0.1) is 0 Å². The predicted molar refractivity (Wildman–Crippen MR) is 107 cm³/mol. The molecule has 1 N–H and O–H groups in total. The van der Waals surface area contributed by atoms with E-state index in [0.717, 1.165) is 47.9 Å². The lowest BCUT2D eigenvalue weighted by Gasteiger charge is -2.42. The van der Waals surface area contributed by atoms with Crippen LogP contribution in [-0.2, 0) is 11.3 Å². The fraction of sp³-hybridized carbons (Fsp3) is 0.350. The fourth-order valence-electron chi connectivity index (χ4n) is 3.15. The number of benzene rings is 1. The maximum absolute atomic E-state index is 11.7. The van der Waals surface area contributed by atoms with Crippen LogP contribution < -0.4 is 10.2 Å². The van der Waals surface area contributed by atoms with Gasteiger partial charge in [0.15, 0.2) is 6.29 Å². The van der Waals surface area contributed by atoms with E-state index < -0.39 is 0 Å². The molecule has 0 aliphatic carbocycles. The molecule has 27 heavy (non-hydrogen) atoms. The van der Waals surface area contributed by atoms with E-state index in [-0.39, 0.29) is 12.7 Å². The van der Waals surface area contributed by atoms with Crippen LogP contribution in [0.2, 0.25) is 0 Å². The number of amides is 1. The van der Waals surface area contributed by atoms with Gasteiger partial charge in [0, 0.05) is 32.0 Å². The second kappa shape index (κ2) is 9.50. The monoisotopic (exact) mass is 431 g/mol. The van der Waals surface area contributed by atoms with Crippen molar-refractivity contribution in [1.82, 2.24) is 10.3 Å². The number of aromatic nitrogens is 1. The van der Waals surface area contributed by atoms with Crippen LogP contribution in [0.4, 0.5) is 10.5 Å². The van der Waals surface area contributed by atoms with Crippen LogP contribution in [0.25, 0.3) is 0 Å². The minimum atomic E-state index is -0.384. The van der Waals surface area contributed by atoms with Gasteiger partial charge in [0.05, 0.1) is 15.7 Å². The Bertz CT molecular complexity index is 779. The van der Waals surface area contributed by atoms with Gasteiger partial charge in [-0.05, 0) is 40.3 Å². The Morgan fingerprint density at radius 2 is 2.07 bits per heavy atom. The summed E-state index contributed by atoms with van der Waals surface area (Å²) in [6.07, 6.45) is 5.67. The van der Waals surface area contributed by atoms with Gasteiger partial charge in [-0.3, -0.25) is 9.78 Å². The molecule has 1 fully saturated rings. The Morgan fingerprint density at radius 1 is 1.30 bits per heavy atom. The molecule has 6 nitrogen and oxygen atoms in total. The van der Waals surface area contributed by atoms with Gasteiger partial charge in [0.1, 0.15) is 6.61 Å². The van der Waals surface area contributed by atoms with Gasteiger partial charge in [-0.2, -0.15) is 0 Å². The Hall–Kier alpha value is -2.41. The molecular weight excluding hydrogens is 410 g/mol. The quantitative estimate of drug-likeness (QED) is 0.508. The summed E-state index contributed by atoms with van der Waals surface area (Å²) < 4.78 is 6.03. The molecule has 0 unspecified atom stereocenters. The second-order valence-electron chi connectivity index (χ2n) is 6.58. The van der Waals surface area contributed by atoms with Crippen LogP contribution in [0.1, 0.15) is 28.8 Å². The molecule has 1 aromatic carbocycles. The molecule has 1 saturated heterocycles. The van der Waals surface area contributed by atoms with E-state index in [2.05, 4.69) is 31.1 Å². The summed E-state index contributed by atoms with van der Waals surface area (Å²) in [5, 5.41) is 2.79. The Morgan fingerprint density at radius 3 is 2.81 bits per heavy atom. The molecule has 0 radical (unpaired) electrons. The number of pyridine rings is 1. The first kappa shape index (κ1) is 19.4. The number of carbonyl (C=O) groups is 2. The van der Waals surface area contributed by atoms with Crippen LogP contribution in [0, 0.1) is 5.92 Å². The number of hydrogen-bond acceptors (Lipinski definition) is 5. The van der Waals surface area contributed by atoms with E-state index in [1.165, 1.54) is 0 Å². The number of carbonyl (C=O) groups excluding carboxylic acids is 2. The van der Waals surface area contributed by atoms with Gasteiger partial charge in [0.2, 0.25) is 0 Å². The number of ether oxygens (including phenoxy) is 1. The van der Waals surface area contributed by atoms with E-state index in [1.807, 2.05) is 30.3 Å². The molecule has 1 aliphatic heterocycles. The third-order valence-electron chi connectivity index (χ3n) is 4.57. The van der Waals surface area contributed by atoms with Gasteiger partial charge in [-0.1, -0.05) is 30.3 Å². The molecular formula is C20H22BrN3O3. The van der Waals surface area contributed by atoms with Gasteiger partial charge in [-0.25, -0.2) is 4.79 Å². The minimum Gasteiger partial charge on any atom is -0.445 e. The first-order valence-corrected chi connectivity index (χ1v) is 9.75. The molecule has 1 amide bonds. The van der Waals surface area contributed by atoms with Gasteiger partial charge < -0.3 is 15.0 Å². The van der Waals surface area contributed by atoms with E-state index >= 15 is 0 Å². The highest BCUT2D eigenvalue weighted by Crippen LogP contribution is 2.34. The first-order chi connectivity index (χ1) is 13.2. The number of alkyl carbamates (subject to hydrolysis) is 1. The topological polar surface area (TPSA) is 71.5 Å². The summed E-state index contributed by atoms with van der Waals surface area (Å²) >= 11 is 3.47. The first-order valence-electron chi connectivity index (χ1n) is 8.95. The number of nitrogens with zero attached hydrogens (tertiary/aromatic N) is 2. The van der Waals surface area contributed by atoms with E-state index in [1.54, 1.807) is 12.4 Å². The highest BCUT2D eigenvalue weighted by molar-refractivity contribution is 9.10. The molecule has 0 bridgehead atoms. The summed E-state index contributed by atoms with van der Waals surface area (Å²) in [6, 6.07) is 9.61. The number of halogens is 1. The van der Waals surface area contributed by atoms with E-state index in [4.69, 9.17) is 4.74 Å². The molecule has 2 aromatic rings. The number of nitrogens with one attached hydrogen (secondary N) is 1. The molecule has 0 spiro atoms. The van der Waals surface area contributed by atoms with Crippen molar-refractivity contribution >= 4 is 34.0 Å². The smallest absolute Gasteiger partial charge is 0.407 e. The van der Waals surface area contributed by atoms with Crippen molar-refractivity contribution < 1.29 is 14.3 Å². The number of hydrogen-bond donors (Lipinski definition) is 1. The highest BCUT2D eigenvalue weighted by Gasteiger charge is 2.29. The van der Waals surface area contributed by atoms with Crippen LogP contribution >= 0.6 is 15.9 Å². The van der Waals surface area contributed by atoms with Gasteiger partial charge >= 0.3 is 6.09 Å². The third-order valence-corrected chi connectivity index (χ3v) is 5.15. The molecule has 2 heterocycles. The maximum atomic E-state index is 11.7. The average molecular weight is 432 g/mol. The largest absolute Gasteiger partial charge is 0.445 e. The standard InChI is InChI=1S/C20H22BrN3O3/c21-18-10-22-9-17(13-25)19(18)24-11-16(12-24)7-4-8-23-20(26)27-14-15-5-2-1-3-6-15/h1-3,5-6,9-10,13,16H,4,7-8,11-12,14H2,(H,23,26). The molecule has 0 saturated carbocycles. The minimum absolute atomic E-state index is 0.282. The van der Waals surface area contributed by atoms with E-state index in [0.29, 0.717) is 18.0 Å². The lowest BCUT2D eigenvalue weighted by molar-refractivity contribution is 0.112. The maximum Gasteiger partial charge on any atom is 0.407 e.